The van der Waals surface area contributed by atoms with E-state index in [-0.39, 0.29) is 24.0 Å². The maximum Gasteiger partial charge on any atom is 0.191 e. The molecule has 2 N–H and O–H groups in total. The fraction of sp³-hybridized carbons (Fsp3) is 0.556. The van der Waals surface area contributed by atoms with Crippen LogP contribution in [-0.2, 0) is 6.42 Å². The number of aliphatic imine (C=N–C) groups is 1. The van der Waals surface area contributed by atoms with Crippen molar-refractivity contribution in [3.63, 3.8) is 0 Å². The molecule has 24 heavy (non-hydrogen) atoms. The third-order valence-electron chi connectivity index (χ3n) is 3.87. The van der Waals surface area contributed by atoms with Crippen molar-refractivity contribution in [2.24, 2.45) is 10.9 Å². The second-order valence-electron chi connectivity index (χ2n) is 6.46. The Morgan fingerprint density at radius 1 is 1.25 bits per heavy atom. The van der Waals surface area contributed by atoms with E-state index in [1.807, 2.05) is 31.4 Å². The third-order valence-corrected chi connectivity index (χ3v) is 3.87. The smallest absolute Gasteiger partial charge is 0.191 e. The Balaban J connectivity index is 0.00000288. The molecule has 0 fully saturated rings. The van der Waals surface area contributed by atoms with Crippen LogP contribution in [0.1, 0.15) is 39.3 Å². The van der Waals surface area contributed by atoms with Crippen LogP contribution in [0.5, 0.6) is 0 Å². The van der Waals surface area contributed by atoms with Gasteiger partial charge in [-0.2, -0.15) is 0 Å². The molecule has 0 amide bonds. The second-order valence-corrected chi connectivity index (χ2v) is 6.46. The number of imidazole rings is 1. The zero-order valence-corrected chi connectivity index (χ0v) is 17.5. The van der Waals surface area contributed by atoms with Gasteiger partial charge in [0.25, 0.3) is 0 Å². The van der Waals surface area contributed by atoms with Gasteiger partial charge in [0, 0.05) is 38.4 Å². The molecule has 2 rings (SSSR count). The summed E-state index contributed by atoms with van der Waals surface area (Å²) in [5.41, 5.74) is 2.08. The molecule has 2 aromatic rings. The minimum absolute atomic E-state index is 0. The first-order valence-corrected chi connectivity index (χ1v) is 8.48. The van der Waals surface area contributed by atoms with Gasteiger partial charge in [-0.1, -0.05) is 19.9 Å². The first-order chi connectivity index (χ1) is 11.1. The van der Waals surface area contributed by atoms with Crippen molar-refractivity contribution in [2.45, 2.75) is 46.1 Å². The van der Waals surface area contributed by atoms with Gasteiger partial charge in [0.2, 0.25) is 0 Å². The number of aromatic nitrogens is 2. The topological polar surface area (TPSA) is 53.7 Å². The average molecular weight is 443 g/mol. The van der Waals surface area contributed by atoms with Crippen LogP contribution < -0.4 is 10.6 Å². The molecule has 0 saturated heterocycles. The van der Waals surface area contributed by atoms with Gasteiger partial charge < -0.3 is 15.0 Å². The summed E-state index contributed by atoms with van der Waals surface area (Å²) in [6.45, 7) is 7.54. The molecule has 0 aliphatic heterocycles. The minimum atomic E-state index is 0. The van der Waals surface area contributed by atoms with Crippen LogP contribution in [-0.4, -0.2) is 35.0 Å². The Hall–Kier alpha value is -1.31. The summed E-state index contributed by atoms with van der Waals surface area (Å²) in [6, 6.07) is 6.47. The lowest BCUT2D eigenvalue weighted by Crippen LogP contribution is -2.43. The van der Waals surface area contributed by atoms with Crippen LogP contribution in [0, 0.1) is 5.92 Å². The van der Waals surface area contributed by atoms with Crippen LogP contribution in [0.4, 0.5) is 0 Å². The highest BCUT2D eigenvalue weighted by atomic mass is 127. The molecule has 2 heterocycles. The van der Waals surface area contributed by atoms with E-state index in [2.05, 4.69) is 52.0 Å². The van der Waals surface area contributed by atoms with Crippen molar-refractivity contribution >= 4 is 35.6 Å². The minimum Gasteiger partial charge on any atom is -0.356 e. The molecule has 1 atom stereocenters. The molecule has 0 bridgehead atoms. The van der Waals surface area contributed by atoms with Crippen molar-refractivity contribution in [1.82, 2.24) is 20.0 Å². The van der Waals surface area contributed by atoms with Gasteiger partial charge in [-0.05, 0) is 37.8 Å². The highest BCUT2D eigenvalue weighted by Crippen LogP contribution is 2.06. The quantitative estimate of drug-likeness (QED) is 0.392. The number of hydrogen-bond acceptors (Lipinski definition) is 2. The summed E-state index contributed by atoms with van der Waals surface area (Å²) in [6.07, 6.45) is 7.37. The number of halogens is 1. The first-order valence-electron chi connectivity index (χ1n) is 8.48. The summed E-state index contributed by atoms with van der Waals surface area (Å²) in [4.78, 5) is 8.91. The normalized spacial score (nSPS) is 13.0. The number of nitrogens with one attached hydrogen (secondary N) is 2. The Morgan fingerprint density at radius 3 is 2.71 bits per heavy atom. The zero-order chi connectivity index (χ0) is 16.7. The highest BCUT2D eigenvalue weighted by Gasteiger charge is 2.07. The molecular weight excluding hydrogens is 413 g/mol. The van der Waals surface area contributed by atoms with Gasteiger partial charge >= 0.3 is 0 Å². The molecule has 134 valence electrons. The van der Waals surface area contributed by atoms with E-state index < -0.39 is 0 Å². The summed E-state index contributed by atoms with van der Waals surface area (Å²) in [5.74, 6) is 1.61. The van der Waals surface area contributed by atoms with Gasteiger partial charge in [-0.3, -0.25) is 4.99 Å². The number of nitrogens with zero attached hydrogens (tertiary/aromatic N) is 3. The van der Waals surface area contributed by atoms with Crippen LogP contribution >= 0.6 is 24.0 Å². The second kappa shape index (κ2) is 10.5. The lowest BCUT2D eigenvalue weighted by atomic mass is 10.0. The van der Waals surface area contributed by atoms with E-state index in [0.717, 1.165) is 42.6 Å². The van der Waals surface area contributed by atoms with Gasteiger partial charge in [-0.25, -0.2) is 4.98 Å². The van der Waals surface area contributed by atoms with E-state index in [1.165, 1.54) is 6.42 Å². The van der Waals surface area contributed by atoms with E-state index in [4.69, 9.17) is 0 Å². The molecule has 0 aliphatic carbocycles. The fourth-order valence-electron chi connectivity index (χ4n) is 2.50. The highest BCUT2D eigenvalue weighted by molar-refractivity contribution is 14.0. The van der Waals surface area contributed by atoms with Crippen molar-refractivity contribution in [3.05, 3.63) is 36.3 Å². The Bertz CT molecular complexity index is 602. The Kier molecular flexibility index (Phi) is 9.10. The summed E-state index contributed by atoms with van der Waals surface area (Å²) in [7, 11) is 1.81. The summed E-state index contributed by atoms with van der Waals surface area (Å²) >= 11 is 0. The molecule has 1 unspecified atom stereocenters. The van der Waals surface area contributed by atoms with Gasteiger partial charge in [0.15, 0.2) is 5.96 Å². The van der Waals surface area contributed by atoms with Gasteiger partial charge in [-0.15, -0.1) is 24.0 Å². The largest absolute Gasteiger partial charge is 0.356 e. The molecule has 5 nitrogen and oxygen atoms in total. The molecular formula is C18H30IN5. The standard InChI is InChI=1S/C18H29N5.HI/c1-14(2)8-9-15(3)21-18(19-4)20-11-10-16-13-23-12-6-5-7-17(23)22-16;/h5-7,12-15H,8-11H2,1-4H3,(H2,19,20,21);1H. The van der Waals surface area contributed by atoms with Crippen LogP contribution in [0.25, 0.3) is 5.65 Å². The predicted octanol–water partition coefficient (Wildman–Crippen LogP) is 3.48. The number of guanidine groups is 1. The van der Waals surface area contributed by atoms with E-state index in [0.29, 0.717) is 6.04 Å². The zero-order valence-electron chi connectivity index (χ0n) is 15.1. The van der Waals surface area contributed by atoms with Crippen LogP contribution in [0.2, 0.25) is 0 Å². The molecule has 2 aromatic heterocycles. The van der Waals surface area contributed by atoms with Gasteiger partial charge in [0.05, 0.1) is 5.69 Å². The molecule has 0 spiro atoms. The maximum absolute atomic E-state index is 4.61. The van der Waals surface area contributed by atoms with Crippen molar-refractivity contribution in [3.8, 4) is 0 Å². The lowest BCUT2D eigenvalue weighted by Gasteiger charge is -2.18. The molecule has 6 heteroatoms. The monoisotopic (exact) mass is 443 g/mol. The van der Waals surface area contributed by atoms with Gasteiger partial charge in [0.1, 0.15) is 5.65 Å². The van der Waals surface area contributed by atoms with Crippen molar-refractivity contribution in [2.75, 3.05) is 13.6 Å². The molecule has 0 aromatic carbocycles. The van der Waals surface area contributed by atoms with Crippen molar-refractivity contribution in [1.29, 1.82) is 0 Å². The van der Waals surface area contributed by atoms with E-state index in [1.54, 1.807) is 0 Å². The number of pyridine rings is 1. The number of rotatable bonds is 7. The van der Waals surface area contributed by atoms with E-state index in [9.17, 15) is 0 Å². The number of hydrogen-bond donors (Lipinski definition) is 2. The maximum atomic E-state index is 4.61. The number of fused-ring (bicyclic) bond motifs is 1. The molecule has 0 radical (unpaired) electrons. The Labute approximate surface area is 162 Å². The molecule has 0 saturated carbocycles. The fourth-order valence-corrected chi connectivity index (χ4v) is 2.50. The van der Waals surface area contributed by atoms with Crippen LogP contribution in [0.15, 0.2) is 35.6 Å². The SMILES string of the molecule is CN=C(NCCc1cn2ccccc2n1)NC(C)CCC(C)C.I. The first kappa shape index (κ1) is 20.7. The molecule has 0 aliphatic rings. The summed E-state index contributed by atoms with van der Waals surface area (Å²) in [5, 5.41) is 6.82. The van der Waals surface area contributed by atoms with Crippen molar-refractivity contribution < 1.29 is 0 Å². The van der Waals surface area contributed by atoms with E-state index >= 15 is 0 Å². The lowest BCUT2D eigenvalue weighted by molar-refractivity contribution is 0.489. The third kappa shape index (κ3) is 6.67. The summed E-state index contributed by atoms with van der Waals surface area (Å²) < 4.78 is 2.05. The predicted molar refractivity (Wildman–Crippen MR) is 112 cm³/mol. The van der Waals surface area contributed by atoms with Crippen LogP contribution in [0.3, 0.4) is 0 Å². The Morgan fingerprint density at radius 2 is 2.04 bits per heavy atom. The average Bonchev–Trinajstić information content (AvgIpc) is 2.94.